The van der Waals surface area contributed by atoms with Crippen molar-refractivity contribution in [1.29, 1.82) is 0 Å². The van der Waals surface area contributed by atoms with Gasteiger partial charge in [0, 0.05) is 72.5 Å². The number of sulfonamides is 1. The third-order valence-electron chi connectivity index (χ3n) is 7.54. The van der Waals surface area contributed by atoms with Crippen LogP contribution < -0.4 is 20.3 Å². The second kappa shape index (κ2) is 13.1. The SMILES string of the molecule is CNC(CNC(=O)COc1cccc(N2CCN(C)CC2)c1S(=O)(=O)N(C)C)CN1CCc2ccccc2C1. The zero-order chi connectivity index (χ0) is 28.0. The fraction of sp³-hybridized carbons (Fsp3) is 0.536. The second-order valence-electron chi connectivity index (χ2n) is 10.5. The maximum atomic E-state index is 13.3. The lowest BCUT2D eigenvalue weighted by Gasteiger charge is -2.35. The molecule has 0 aliphatic carbocycles. The van der Waals surface area contributed by atoms with Gasteiger partial charge < -0.3 is 25.2 Å². The van der Waals surface area contributed by atoms with E-state index in [9.17, 15) is 13.2 Å². The van der Waals surface area contributed by atoms with Crippen LogP contribution in [0.5, 0.6) is 5.75 Å². The highest BCUT2D eigenvalue weighted by atomic mass is 32.2. The smallest absolute Gasteiger partial charge is 0.257 e. The molecule has 2 N–H and O–H groups in total. The molecule has 0 aromatic heterocycles. The normalized spacial score (nSPS) is 17.6. The zero-order valence-electron chi connectivity index (χ0n) is 23.5. The van der Waals surface area contributed by atoms with Crippen LogP contribution in [0.1, 0.15) is 11.1 Å². The van der Waals surface area contributed by atoms with E-state index < -0.39 is 10.0 Å². The molecule has 1 fully saturated rings. The first-order valence-electron chi connectivity index (χ1n) is 13.5. The first kappa shape index (κ1) is 29.3. The number of piperazine rings is 1. The molecule has 0 radical (unpaired) electrons. The van der Waals surface area contributed by atoms with Crippen molar-refractivity contribution < 1.29 is 17.9 Å². The van der Waals surface area contributed by atoms with E-state index in [1.165, 1.54) is 29.5 Å². The van der Waals surface area contributed by atoms with Gasteiger partial charge in [-0.2, -0.15) is 0 Å². The quantitative estimate of drug-likeness (QED) is 0.419. The molecule has 0 bridgehead atoms. The Kier molecular flexibility index (Phi) is 9.84. The summed E-state index contributed by atoms with van der Waals surface area (Å²) in [4.78, 5) is 19.5. The Morgan fingerprint density at radius 2 is 1.74 bits per heavy atom. The number of amides is 1. The number of fused-ring (bicyclic) bond motifs is 1. The van der Waals surface area contributed by atoms with Gasteiger partial charge in [-0.1, -0.05) is 30.3 Å². The maximum absolute atomic E-state index is 13.3. The Balaban J connectivity index is 1.37. The van der Waals surface area contributed by atoms with Crippen LogP contribution in [0.2, 0.25) is 0 Å². The summed E-state index contributed by atoms with van der Waals surface area (Å²) >= 11 is 0. The van der Waals surface area contributed by atoms with Crippen molar-refractivity contribution in [2.75, 3.05) is 85.5 Å². The van der Waals surface area contributed by atoms with Crippen molar-refractivity contribution in [3.05, 3.63) is 53.6 Å². The van der Waals surface area contributed by atoms with E-state index in [4.69, 9.17) is 4.74 Å². The number of nitrogens with one attached hydrogen (secondary N) is 2. The van der Waals surface area contributed by atoms with E-state index >= 15 is 0 Å². The lowest BCUT2D eigenvalue weighted by molar-refractivity contribution is -0.123. The van der Waals surface area contributed by atoms with Gasteiger partial charge in [-0.05, 0) is 43.8 Å². The van der Waals surface area contributed by atoms with Crippen molar-refractivity contribution in [3.63, 3.8) is 0 Å². The lowest BCUT2D eigenvalue weighted by atomic mass is 9.99. The van der Waals surface area contributed by atoms with Gasteiger partial charge in [0.1, 0.15) is 10.6 Å². The number of carbonyl (C=O) groups is 1. The number of hydrogen-bond donors (Lipinski definition) is 2. The van der Waals surface area contributed by atoms with E-state index in [1.54, 1.807) is 12.1 Å². The summed E-state index contributed by atoms with van der Waals surface area (Å²) in [6.45, 7) is 5.98. The molecule has 2 aliphatic rings. The highest BCUT2D eigenvalue weighted by molar-refractivity contribution is 7.89. The zero-order valence-corrected chi connectivity index (χ0v) is 24.3. The average Bonchev–Trinajstić information content (AvgIpc) is 2.94. The maximum Gasteiger partial charge on any atom is 0.257 e. The summed E-state index contributed by atoms with van der Waals surface area (Å²) < 4.78 is 33.7. The number of hydrogen-bond acceptors (Lipinski definition) is 8. The molecular weight excluding hydrogens is 516 g/mol. The minimum Gasteiger partial charge on any atom is -0.482 e. The van der Waals surface area contributed by atoms with Crippen molar-refractivity contribution in [2.24, 2.45) is 0 Å². The van der Waals surface area contributed by atoms with E-state index in [0.717, 1.165) is 39.1 Å². The molecule has 214 valence electrons. The number of ether oxygens (including phenoxy) is 1. The lowest BCUT2D eigenvalue weighted by Crippen LogP contribution is -2.48. The van der Waals surface area contributed by atoms with Crippen molar-refractivity contribution >= 4 is 21.6 Å². The minimum atomic E-state index is -3.81. The van der Waals surface area contributed by atoms with Crippen LogP contribution in [0.15, 0.2) is 47.4 Å². The molecule has 0 saturated carbocycles. The number of carbonyl (C=O) groups excluding carboxylic acids is 1. The average molecular weight is 559 g/mol. The van der Waals surface area contributed by atoms with Gasteiger partial charge in [0.25, 0.3) is 5.91 Å². The molecule has 2 aromatic carbocycles. The first-order valence-corrected chi connectivity index (χ1v) is 15.0. The fourth-order valence-corrected chi connectivity index (χ4v) is 6.27. The minimum absolute atomic E-state index is 0.0736. The van der Waals surface area contributed by atoms with Crippen LogP contribution in [0.4, 0.5) is 5.69 Å². The largest absolute Gasteiger partial charge is 0.482 e. The van der Waals surface area contributed by atoms with Gasteiger partial charge in [0.15, 0.2) is 6.61 Å². The van der Waals surface area contributed by atoms with Gasteiger partial charge in [0.2, 0.25) is 10.0 Å². The molecule has 2 aliphatic heterocycles. The molecule has 10 nitrogen and oxygen atoms in total. The number of likely N-dealkylation sites (N-methyl/N-ethyl adjacent to an activating group) is 2. The number of nitrogens with zero attached hydrogens (tertiary/aromatic N) is 4. The Hall–Kier alpha value is -2.70. The van der Waals surface area contributed by atoms with Crippen LogP contribution in [0.25, 0.3) is 0 Å². The number of anilines is 1. The molecule has 1 atom stereocenters. The molecule has 4 rings (SSSR count). The molecule has 39 heavy (non-hydrogen) atoms. The van der Waals surface area contributed by atoms with E-state index in [0.29, 0.717) is 25.3 Å². The molecule has 1 unspecified atom stereocenters. The number of benzene rings is 2. The Bertz CT molecular complexity index is 1230. The third kappa shape index (κ3) is 7.29. The molecule has 1 amide bonds. The summed E-state index contributed by atoms with van der Waals surface area (Å²) in [5, 5.41) is 6.25. The summed E-state index contributed by atoms with van der Waals surface area (Å²) in [6, 6.07) is 13.8. The van der Waals surface area contributed by atoms with Crippen LogP contribution in [0.3, 0.4) is 0 Å². The van der Waals surface area contributed by atoms with E-state index in [1.807, 2.05) is 13.1 Å². The molecule has 1 saturated heterocycles. The Morgan fingerprint density at radius 1 is 1.03 bits per heavy atom. The van der Waals surface area contributed by atoms with Crippen molar-refractivity contribution in [3.8, 4) is 5.75 Å². The summed E-state index contributed by atoms with van der Waals surface area (Å²) in [6.07, 6.45) is 1.03. The third-order valence-corrected chi connectivity index (χ3v) is 9.43. The van der Waals surface area contributed by atoms with Crippen LogP contribution in [-0.2, 0) is 27.8 Å². The standard InChI is InChI=1S/C28H42N6O4S/c1-29-24(20-33-13-12-22-8-5-6-9-23(22)19-33)18-30-27(35)21-38-26-11-7-10-25(28(26)39(36,37)31(2)3)34-16-14-32(4)15-17-34/h5-11,24,29H,12-21H2,1-4H3,(H,30,35). The van der Waals surface area contributed by atoms with Gasteiger partial charge in [0.05, 0.1) is 5.69 Å². The molecule has 2 aromatic rings. The van der Waals surface area contributed by atoms with Crippen LogP contribution >= 0.6 is 0 Å². The fourth-order valence-electron chi connectivity index (χ4n) is 5.07. The molecule has 11 heteroatoms. The highest BCUT2D eigenvalue weighted by Crippen LogP contribution is 2.36. The van der Waals surface area contributed by atoms with Crippen LogP contribution in [0, 0.1) is 0 Å². The predicted molar refractivity (Wildman–Crippen MR) is 154 cm³/mol. The monoisotopic (exact) mass is 558 g/mol. The summed E-state index contributed by atoms with van der Waals surface area (Å²) in [7, 11) is 3.15. The Labute approximate surface area is 232 Å². The van der Waals surface area contributed by atoms with Crippen LogP contribution in [-0.4, -0.2) is 115 Å². The Morgan fingerprint density at radius 3 is 2.44 bits per heavy atom. The van der Waals surface area contributed by atoms with Gasteiger partial charge in [-0.15, -0.1) is 0 Å². The van der Waals surface area contributed by atoms with Gasteiger partial charge in [-0.3, -0.25) is 9.69 Å². The van der Waals surface area contributed by atoms with Crippen molar-refractivity contribution in [1.82, 2.24) is 24.7 Å². The second-order valence-corrected chi connectivity index (χ2v) is 12.6. The van der Waals surface area contributed by atoms with E-state index in [-0.39, 0.29) is 29.2 Å². The first-order chi connectivity index (χ1) is 18.7. The summed E-state index contributed by atoms with van der Waals surface area (Å²) in [5.41, 5.74) is 3.37. The number of rotatable bonds is 11. The highest BCUT2D eigenvalue weighted by Gasteiger charge is 2.30. The summed E-state index contributed by atoms with van der Waals surface area (Å²) in [5.74, 6) is -0.107. The van der Waals surface area contributed by atoms with Gasteiger partial charge >= 0.3 is 0 Å². The molecule has 2 heterocycles. The molecule has 0 spiro atoms. The van der Waals surface area contributed by atoms with Gasteiger partial charge in [-0.25, -0.2) is 12.7 Å². The van der Waals surface area contributed by atoms with E-state index in [2.05, 4.69) is 56.6 Å². The predicted octanol–water partition coefficient (Wildman–Crippen LogP) is 0.830. The topological polar surface area (TPSA) is 97.5 Å². The molecular formula is C28H42N6O4S. The van der Waals surface area contributed by atoms with Crippen molar-refractivity contribution in [2.45, 2.75) is 23.9 Å².